The summed E-state index contributed by atoms with van der Waals surface area (Å²) in [5.74, 6) is -0.0793. The number of anilines is 1. The van der Waals surface area contributed by atoms with Crippen molar-refractivity contribution in [2.75, 3.05) is 32.1 Å². The van der Waals surface area contributed by atoms with E-state index in [9.17, 15) is 4.79 Å². The molecule has 2 N–H and O–H groups in total. The zero-order chi connectivity index (χ0) is 14.4. The number of carbonyl (C=O) groups is 1. The first-order chi connectivity index (χ1) is 8.97. The van der Waals surface area contributed by atoms with Gasteiger partial charge in [-0.1, -0.05) is 0 Å². The SMILES string of the molecule is CC(C)N(CCCN)c1ccnc(C(=O)N(C)C)c1. The first-order valence-electron chi connectivity index (χ1n) is 6.61. The normalized spacial score (nSPS) is 10.6. The molecule has 0 atom stereocenters. The fourth-order valence-corrected chi connectivity index (χ4v) is 1.89. The van der Waals surface area contributed by atoms with Crippen LogP contribution in [-0.2, 0) is 0 Å². The average molecular weight is 264 g/mol. The van der Waals surface area contributed by atoms with Crippen molar-refractivity contribution < 1.29 is 4.79 Å². The van der Waals surface area contributed by atoms with Crippen LogP contribution in [0.4, 0.5) is 5.69 Å². The van der Waals surface area contributed by atoms with Crippen molar-refractivity contribution in [2.45, 2.75) is 26.3 Å². The first-order valence-corrected chi connectivity index (χ1v) is 6.61. The zero-order valence-corrected chi connectivity index (χ0v) is 12.3. The minimum absolute atomic E-state index is 0.0793. The predicted octanol–water partition coefficient (Wildman–Crippen LogP) is 1.35. The maximum atomic E-state index is 11.9. The van der Waals surface area contributed by atoms with Crippen LogP contribution in [0.5, 0.6) is 0 Å². The molecule has 1 aromatic heterocycles. The zero-order valence-electron chi connectivity index (χ0n) is 12.3. The number of pyridine rings is 1. The Kier molecular flexibility index (Phi) is 5.76. The minimum atomic E-state index is -0.0793. The quantitative estimate of drug-likeness (QED) is 0.842. The van der Waals surface area contributed by atoms with Crippen LogP contribution >= 0.6 is 0 Å². The van der Waals surface area contributed by atoms with Gasteiger partial charge in [0, 0.05) is 38.6 Å². The molecule has 0 fully saturated rings. The van der Waals surface area contributed by atoms with Gasteiger partial charge >= 0.3 is 0 Å². The highest BCUT2D eigenvalue weighted by molar-refractivity contribution is 5.92. The molecule has 0 aliphatic rings. The second-order valence-electron chi connectivity index (χ2n) is 5.03. The highest BCUT2D eigenvalue weighted by Gasteiger charge is 2.14. The highest BCUT2D eigenvalue weighted by Crippen LogP contribution is 2.18. The van der Waals surface area contributed by atoms with Gasteiger partial charge in [0.1, 0.15) is 5.69 Å². The molecular formula is C14H24N4O. The minimum Gasteiger partial charge on any atom is -0.369 e. The lowest BCUT2D eigenvalue weighted by atomic mass is 10.2. The van der Waals surface area contributed by atoms with Crippen LogP contribution in [0.3, 0.4) is 0 Å². The summed E-state index contributed by atoms with van der Waals surface area (Å²) in [5.41, 5.74) is 7.06. The summed E-state index contributed by atoms with van der Waals surface area (Å²) in [7, 11) is 3.46. The largest absolute Gasteiger partial charge is 0.369 e. The molecule has 1 rings (SSSR count). The van der Waals surface area contributed by atoms with Crippen molar-refractivity contribution in [3.8, 4) is 0 Å². The third kappa shape index (κ3) is 4.21. The first kappa shape index (κ1) is 15.4. The molecule has 1 amide bonds. The number of nitrogens with zero attached hydrogens (tertiary/aromatic N) is 3. The molecule has 0 saturated heterocycles. The van der Waals surface area contributed by atoms with Crippen molar-refractivity contribution in [3.63, 3.8) is 0 Å². The van der Waals surface area contributed by atoms with Gasteiger partial charge in [-0.15, -0.1) is 0 Å². The fourth-order valence-electron chi connectivity index (χ4n) is 1.89. The van der Waals surface area contributed by atoms with Crippen molar-refractivity contribution >= 4 is 11.6 Å². The Hall–Kier alpha value is -1.62. The van der Waals surface area contributed by atoms with Gasteiger partial charge in [0.05, 0.1) is 0 Å². The van der Waals surface area contributed by atoms with E-state index in [1.807, 2.05) is 12.1 Å². The number of rotatable bonds is 6. The van der Waals surface area contributed by atoms with Crippen LogP contribution in [0, 0.1) is 0 Å². The van der Waals surface area contributed by atoms with Gasteiger partial charge in [-0.05, 0) is 38.9 Å². The van der Waals surface area contributed by atoms with Gasteiger partial charge in [0.15, 0.2) is 0 Å². The van der Waals surface area contributed by atoms with Crippen LogP contribution in [-0.4, -0.2) is 49.0 Å². The van der Waals surface area contributed by atoms with Crippen molar-refractivity contribution in [2.24, 2.45) is 5.73 Å². The third-order valence-electron chi connectivity index (χ3n) is 2.93. The van der Waals surface area contributed by atoms with Gasteiger partial charge in [-0.2, -0.15) is 0 Å². The second kappa shape index (κ2) is 7.09. The van der Waals surface area contributed by atoms with E-state index in [1.54, 1.807) is 20.3 Å². The van der Waals surface area contributed by atoms with Crippen molar-refractivity contribution in [1.82, 2.24) is 9.88 Å². The average Bonchev–Trinajstić information content (AvgIpc) is 2.38. The third-order valence-corrected chi connectivity index (χ3v) is 2.93. The summed E-state index contributed by atoms with van der Waals surface area (Å²) >= 11 is 0. The van der Waals surface area contributed by atoms with E-state index < -0.39 is 0 Å². The van der Waals surface area contributed by atoms with Gasteiger partial charge in [-0.25, -0.2) is 0 Å². The Morgan fingerprint density at radius 3 is 2.63 bits per heavy atom. The Morgan fingerprint density at radius 2 is 2.11 bits per heavy atom. The summed E-state index contributed by atoms with van der Waals surface area (Å²) in [5, 5.41) is 0. The molecular weight excluding hydrogens is 240 g/mol. The van der Waals surface area contributed by atoms with Crippen LogP contribution in [0.15, 0.2) is 18.3 Å². The number of hydrogen-bond donors (Lipinski definition) is 1. The molecule has 1 heterocycles. The Morgan fingerprint density at radius 1 is 1.42 bits per heavy atom. The number of hydrogen-bond acceptors (Lipinski definition) is 4. The van der Waals surface area contributed by atoms with E-state index in [0.29, 0.717) is 18.3 Å². The molecule has 5 nitrogen and oxygen atoms in total. The van der Waals surface area contributed by atoms with Gasteiger partial charge in [0.2, 0.25) is 0 Å². The molecule has 106 valence electrons. The molecule has 0 aromatic carbocycles. The van der Waals surface area contributed by atoms with E-state index >= 15 is 0 Å². The number of amides is 1. The van der Waals surface area contributed by atoms with Gasteiger partial charge < -0.3 is 15.5 Å². The summed E-state index contributed by atoms with van der Waals surface area (Å²) < 4.78 is 0. The summed E-state index contributed by atoms with van der Waals surface area (Å²) in [6.07, 6.45) is 2.61. The van der Waals surface area contributed by atoms with E-state index in [4.69, 9.17) is 5.73 Å². The summed E-state index contributed by atoms with van der Waals surface area (Å²) in [6, 6.07) is 4.14. The van der Waals surface area contributed by atoms with E-state index in [0.717, 1.165) is 18.7 Å². The molecule has 0 aliphatic carbocycles. The molecule has 0 aliphatic heterocycles. The molecule has 19 heavy (non-hydrogen) atoms. The standard InChI is InChI=1S/C14H24N4O/c1-11(2)18(9-5-7-15)12-6-8-16-13(10-12)14(19)17(3)4/h6,8,10-11H,5,7,9,15H2,1-4H3. The van der Waals surface area contributed by atoms with Crippen LogP contribution in [0.25, 0.3) is 0 Å². The van der Waals surface area contributed by atoms with E-state index in [2.05, 4.69) is 23.7 Å². The van der Waals surface area contributed by atoms with Crippen LogP contribution < -0.4 is 10.6 Å². The fraction of sp³-hybridized carbons (Fsp3) is 0.571. The Bertz CT molecular complexity index is 418. The smallest absolute Gasteiger partial charge is 0.272 e. The molecule has 0 unspecified atom stereocenters. The summed E-state index contributed by atoms with van der Waals surface area (Å²) in [4.78, 5) is 19.8. The molecule has 1 aromatic rings. The van der Waals surface area contributed by atoms with Crippen molar-refractivity contribution in [3.05, 3.63) is 24.0 Å². The Labute approximate surface area is 115 Å². The lowest BCUT2D eigenvalue weighted by molar-refractivity contribution is 0.0822. The monoisotopic (exact) mass is 264 g/mol. The number of aromatic nitrogens is 1. The topological polar surface area (TPSA) is 62.5 Å². The highest BCUT2D eigenvalue weighted by atomic mass is 16.2. The Balaban J connectivity index is 2.98. The van der Waals surface area contributed by atoms with Crippen LogP contribution in [0.2, 0.25) is 0 Å². The number of nitrogens with two attached hydrogens (primary N) is 1. The molecule has 0 bridgehead atoms. The molecule has 5 heteroatoms. The lowest BCUT2D eigenvalue weighted by Crippen LogP contribution is -2.33. The van der Waals surface area contributed by atoms with Crippen LogP contribution in [0.1, 0.15) is 30.8 Å². The number of carbonyl (C=O) groups excluding carboxylic acids is 1. The second-order valence-corrected chi connectivity index (χ2v) is 5.03. The molecule has 0 saturated carbocycles. The summed E-state index contributed by atoms with van der Waals surface area (Å²) in [6.45, 7) is 5.81. The predicted molar refractivity (Wildman–Crippen MR) is 78.4 cm³/mol. The van der Waals surface area contributed by atoms with Gasteiger partial charge in [0.25, 0.3) is 5.91 Å². The molecule has 0 spiro atoms. The van der Waals surface area contributed by atoms with E-state index in [1.165, 1.54) is 4.90 Å². The maximum absolute atomic E-state index is 11.9. The maximum Gasteiger partial charge on any atom is 0.272 e. The van der Waals surface area contributed by atoms with Crippen molar-refractivity contribution in [1.29, 1.82) is 0 Å². The lowest BCUT2D eigenvalue weighted by Gasteiger charge is -2.29. The van der Waals surface area contributed by atoms with E-state index in [-0.39, 0.29) is 5.91 Å². The van der Waals surface area contributed by atoms with Gasteiger partial charge in [-0.3, -0.25) is 9.78 Å². The molecule has 0 radical (unpaired) electrons.